The maximum Gasteiger partial charge on any atom is 0.227 e. The largest absolute Gasteiger partial charge is 0.507 e. The van der Waals surface area contributed by atoms with Crippen molar-refractivity contribution in [1.29, 1.82) is 0 Å². The predicted molar refractivity (Wildman–Crippen MR) is 175 cm³/mol. The lowest BCUT2D eigenvalue weighted by Crippen LogP contribution is -2.17. The van der Waals surface area contributed by atoms with E-state index in [0.29, 0.717) is 33.3 Å². The molecular weight excluding hydrogens is 570 g/mol. The van der Waals surface area contributed by atoms with Gasteiger partial charge in [0.05, 0.1) is 0 Å². The molecule has 3 aromatic rings. The Balaban J connectivity index is 1.87. The summed E-state index contributed by atoms with van der Waals surface area (Å²) >= 11 is 9.35. The second-order valence-electron chi connectivity index (χ2n) is 14.8. The molecule has 2 aromatic carbocycles. The van der Waals surface area contributed by atoms with Crippen molar-refractivity contribution in [1.82, 2.24) is 15.0 Å². The van der Waals surface area contributed by atoms with E-state index in [1.54, 1.807) is 0 Å². The third kappa shape index (κ3) is 8.55. The van der Waals surface area contributed by atoms with Crippen LogP contribution in [0.3, 0.4) is 0 Å². The van der Waals surface area contributed by atoms with Gasteiger partial charge in [0, 0.05) is 11.5 Å². The monoisotopic (exact) mass is 615 g/mol. The van der Waals surface area contributed by atoms with Gasteiger partial charge < -0.3 is 10.2 Å². The lowest BCUT2D eigenvalue weighted by molar-refractivity contribution is 0.422. The van der Waals surface area contributed by atoms with E-state index in [2.05, 4.69) is 117 Å². The van der Waals surface area contributed by atoms with Crippen LogP contribution in [0.1, 0.15) is 116 Å². The van der Waals surface area contributed by atoms with Gasteiger partial charge in [0.1, 0.15) is 11.5 Å². The molecule has 1 aromatic heterocycles. The first-order valence-corrected chi connectivity index (χ1v) is 16.3. The second-order valence-corrected chi connectivity index (χ2v) is 17.0. The molecule has 8 heteroatoms. The number of nitrogens with zero attached hydrogens (tertiary/aromatic N) is 3. The highest BCUT2D eigenvalue weighted by molar-refractivity contribution is 7.99. The molecular formula is C33H46ClN3O2S2. The van der Waals surface area contributed by atoms with E-state index in [4.69, 9.17) is 16.6 Å². The number of hydrogen-bond acceptors (Lipinski definition) is 7. The molecule has 0 saturated heterocycles. The molecule has 0 spiro atoms. The maximum absolute atomic E-state index is 11.1. The van der Waals surface area contributed by atoms with Gasteiger partial charge in [-0.3, -0.25) is 0 Å². The summed E-state index contributed by atoms with van der Waals surface area (Å²) in [4.78, 5) is 13.5. The predicted octanol–water partition coefficient (Wildman–Crippen LogP) is 9.71. The Kier molecular flexibility index (Phi) is 9.79. The zero-order valence-corrected chi connectivity index (χ0v) is 29.0. The van der Waals surface area contributed by atoms with Crippen LogP contribution in [0.4, 0.5) is 0 Å². The first kappa shape index (κ1) is 33.5. The summed E-state index contributed by atoms with van der Waals surface area (Å²) in [5.74, 6) is 2.02. The molecule has 0 fully saturated rings. The van der Waals surface area contributed by atoms with Gasteiger partial charge in [0.2, 0.25) is 5.28 Å². The minimum atomic E-state index is -0.195. The number of benzene rings is 2. The Morgan fingerprint density at radius 1 is 0.537 bits per heavy atom. The van der Waals surface area contributed by atoms with E-state index in [9.17, 15) is 10.2 Å². The highest BCUT2D eigenvalue weighted by Crippen LogP contribution is 2.42. The standard InChI is InChI=1S/C33H46ClN3O2S2/c1-30(2,3)21-13-19(14-22(25(21)38)31(4,5)6)17-40-28-35-27(34)36-29(37-28)41-18-20-15-23(32(7,8)9)26(39)24(16-20)33(10,11)12/h13-16,38-39H,17-18H2,1-12H3. The van der Waals surface area contributed by atoms with Crippen molar-refractivity contribution in [2.24, 2.45) is 0 Å². The van der Waals surface area contributed by atoms with E-state index in [1.807, 2.05) is 0 Å². The van der Waals surface area contributed by atoms with Gasteiger partial charge in [-0.25, -0.2) is 0 Å². The average molecular weight is 616 g/mol. The summed E-state index contributed by atoms with van der Waals surface area (Å²) in [6.45, 7) is 25.4. The van der Waals surface area contributed by atoms with Crippen LogP contribution in [0.25, 0.3) is 0 Å². The fourth-order valence-electron chi connectivity index (χ4n) is 4.58. The van der Waals surface area contributed by atoms with Gasteiger partial charge in [-0.1, -0.05) is 131 Å². The van der Waals surface area contributed by atoms with E-state index >= 15 is 0 Å². The number of rotatable bonds is 6. The van der Waals surface area contributed by atoms with Crippen LogP contribution in [0.15, 0.2) is 34.6 Å². The second kappa shape index (κ2) is 12.0. The van der Waals surface area contributed by atoms with Crippen LogP contribution in [0, 0.1) is 0 Å². The number of hydrogen-bond donors (Lipinski definition) is 2. The van der Waals surface area contributed by atoms with Crippen LogP contribution in [-0.2, 0) is 33.2 Å². The summed E-state index contributed by atoms with van der Waals surface area (Å²) in [5, 5.41) is 23.4. The molecule has 0 atom stereocenters. The van der Waals surface area contributed by atoms with Crippen molar-refractivity contribution >= 4 is 35.1 Å². The lowest BCUT2D eigenvalue weighted by atomic mass is 9.78. The number of aromatic hydroxyl groups is 2. The van der Waals surface area contributed by atoms with Gasteiger partial charge in [-0.2, -0.15) is 15.0 Å². The van der Waals surface area contributed by atoms with Crippen LogP contribution >= 0.6 is 35.1 Å². The Morgan fingerprint density at radius 2 is 0.805 bits per heavy atom. The van der Waals surface area contributed by atoms with E-state index in [1.165, 1.54) is 23.5 Å². The lowest BCUT2D eigenvalue weighted by Gasteiger charge is -2.28. The van der Waals surface area contributed by atoms with Crippen molar-refractivity contribution in [3.63, 3.8) is 0 Å². The van der Waals surface area contributed by atoms with Gasteiger partial charge >= 0.3 is 0 Å². The summed E-state index contributed by atoms with van der Waals surface area (Å²) in [6.07, 6.45) is 0. The minimum Gasteiger partial charge on any atom is -0.507 e. The van der Waals surface area contributed by atoms with Crippen LogP contribution in [0.2, 0.25) is 5.28 Å². The molecule has 0 aliphatic rings. The van der Waals surface area contributed by atoms with E-state index in [0.717, 1.165) is 33.4 Å². The number of phenols is 2. The molecule has 0 aliphatic heterocycles. The van der Waals surface area contributed by atoms with Gasteiger partial charge in [-0.15, -0.1) is 0 Å². The molecule has 3 rings (SSSR count). The normalized spacial score (nSPS) is 13.1. The van der Waals surface area contributed by atoms with Crippen LogP contribution in [-0.4, -0.2) is 25.2 Å². The summed E-state index contributed by atoms with van der Waals surface area (Å²) in [6, 6.07) is 8.34. The fourth-order valence-corrected chi connectivity index (χ4v) is 6.43. The molecule has 224 valence electrons. The van der Waals surface area contributed by atoms with E-state index in [-0.39, 0.29) is 26.9 Å². The highest BCUT2D eigenvalue weighted by Gasteiger charge is 2.28. The molecule has 5 nitrogen and oxygen atoms in total. The number of aromatic nitrogens is 3. The van der Waals surface area contributed by atoms with E-state index < -0.39 is 0 Å². The first-order valence-electron chi connectivity index (χ1n) is 14.0. The summed E-state index contributed by atoms with van der Waals surface area (Å²) < 4.78 is 0. The number of phenolic OH excluding ortho intramolecular Hbond substituents is 2. The minimum absolute atomic E-state index is 0.165. The van der Waals surface area contributed by atoms with Gasteiger partial charge in [0.25, 0.3) is 0 Å². The Bertz CT molecular complexity index is 1240. The summed E-state index contributed by atoms with van der Waals surface area (Å²) in [7, 11) is 0. The highest BCUT2D eigenvalue weighted by atomic mass is 35.5. The third-order valence-electron chi connectivity index (χ3n) is 6.87. The summed E-state index contributed by atoms with van der Waals surface area (Å²) in [5.41, 5.74) is 5.15. The van der Waals surface area contributed by atoms with Gasteiger partial charge in [0.15, 0.2) is 10.3 Å². The number of thioether (sulfide) groups is 2. The smallest absolute Gasteiger partial charge is 0.227 e. The number of halogens is 1. The molecule has 0 aliphatic carbocycles. The third-order valence-corrected chi connectivity index (χ3v) is 8.88. The molecule has 0 unspecified atom stereocenters. The zero-order valence-electron chi connectivity index (χ0n) is 26.7. The molecule has 2 N–H and O–H groups in total. The fraction of sp³-hybridized carbons (Fsp3) is 0.545. The molecule has 0 saturated carbocycles. The first-order chi connectivity index (χ1) is 18.6. The molecule has 41 heavy (non-hydrogen) atoms. The van der Waals surface area contributed by atoms with Crippen LogP contribution in [0.5, 0.6) is 11.5 Å². The van der Waals surface area contributed by atoms with Crippen molar-refractivity contribution in [2.45, 2.75) is 127 Å². The maximum atomic E-state index is 11.1. The van der Waals surface area contributed by atoms with Crippen molar-refractivity contribution in [2.75, 3.05) is 0 Å². The Hall–Kier alpha value is -1.96. The zero-order chi connectivity index (χ0) is 31.1. The molecule has 0 radical (unpaired) electrons. The van der Waals surface area contributed by atoms with Crippen molar-refractivity contribution in [3.05, 3.63) is 62.9 Å². The van der Waals surface area contributed by atoms with Crippen molar-refractivity contribution in [3.8, 4) is 11.5 Å². The van der Waals surface area contributed by atoms with Gasteiger partial charge in [-0.05, 0) is 66.6 Å². The molecule has 0 amide bonds. The van der Waals surface area contributed by atoms with Crippen LogP contribution < -0.4 is 0 Å². The molecule has 0 bridgehead atoms. The Labute approximate surface area is 260 Å². The molecule has 1 heterocycles. The Morgan fingerprint density at radius 3 is 1.05 bits per heavy atom. The average Bonchev–Trinajstić information content (AvgIpc) is 2.79. The SMILES string of the molecule is CC(C)(C)c1cc(CSc2nc(Cl)nc(SCc3cc(C(C)(C)C)c(O)c(C(C)(C)C)c3)n2)cc(C(C)(C)C)c1O. The van der Waals surface area contributed by atoms with Crippen molar-refractivity contribution < 1.29 is 10.2 Å². The quantitative estimate of drug-likeness (QED) is 0.267. The topological polar surface area (TPSA) is 79.1 Å².